The summed E-state index contributed by atoms with van der Waals surface area (Å²) in [7, 11) is 2.05. The number of aryl methyl sites for hydroxylation is 1. The maximum atomic E-state index is 4.45. The molecule has 0 amide bonds. The van der Waals surface area contributed by atoms with Gasteiger partial charge in [0, 0.05) is 48.7 Å². The van der Waals surface area contributed by atoms with Crippen molar-refractivity contribution in [1.82, 2.24) is 9.97 Å². The Balaban J connectivity index is 0.000000159. The van der Waals surface area contributed by atoms with E-state index in [0.29, 0.717) is 0 Å². The fourth-order valence-electron chi connectivity index (χ4n) is 3.08. The minimum absolute atomic E-state index is 0. The molecule has 3 heterocycles. The first-order valence-electron chi connectivity index (χ1n) is 8.83. The third-order valence-electron chi connectivity index (χ3n) is 4.37. The first kappa shape index (κ1) is 19.8. The molecule has 3 nitrogen and oxygen atoms in total. The van der Waals surface area contributed by atoms with Gasteiger partial charge in [0.05, 0.1) is 0 Å². The fourth-order valence-corrected chi connectivity index (χ4v) is 3.08. The zero-order valence-electron chi connectivity index (χ0n) is 15.4. The molecule has 0 bridgehead atoms. The van der Waals surface area contributed by atoms with Crippen LogP contribution in [0.2, 0.25) is 0 Å². The molecule has 0 saturated heterocycles. The normalized spacial score (nSPS) is 10.0. The van der Waals surface area contributed by atoms with Gasteiger partial charge in [0.25, 0.3) is 0 Å². The molecule has 0 N–H and O–H groups in total. The van der Waals surface area contributed by atoms with Crippen LogP contribution < -0.4 is 4.57 Å². The molecule has 0 spiro atoms. The van der Waals surface area contributed by atoms with Crippen LogP contribution in [-0.4, -0.2) is 9.97 Å². The molecule has 0 unspecified atom stereocenters. The molecular weight excluding hydrogens is 433 g/mol. The smallest absolute Gasteiger partial charge is 0.238 e. The zero-order valence-corrected chi connectivity index (χ0v) is 17.1. The van der Waals surface area contributed by atoms with Crippen LogP contribution in [0.15, 0.2) is 97.5 Å². The van der Waals surface area contributed by atoms with E-state index in [4.69, 9.17) is 0 Å². The molecular formula is C24H19N3Rh. The van der Waals surface area contributed by atoms with Gasteiger partial charge in [0.2, 0.25) is 5.52 Å². The van der Waals surface area contributed by atoms with Crippen molar-refractivity contribution in [3.05, 3.63) is 104 Å². The van der Waals surface area contributed by atoms with Gasteiger partial charge in [-0.15, -0.1) is 35.9 Å². The van der Waals surface area contributed by atoms with E-state index in [1.54, 1.807) is 6.20 Å². The second-order valence-electron chi connectivity index (χ2n) is 6.19. The zero-order chi connectivity index (χ0) is 18.5. The molecule has 5 aromatic rings. The molecule has 0 saturated carbocycles. The van der Waals surface area contributed by atoms with Gasteiger partial charge < -0.3 is 4.98 Å². The van der Waals surface area contributed by atoms with E-state index < -0.39 is 0 Å². The molecule has 0 aliphatic heterocycles. The Hall–Kier alpha value is -2.97. The molecule has 4 heteroatoms. The Bertz CT molecular complexity index is 1140. The van der Waals surface area contributed by atoms with Crippen molar-refractivity contribution in [2.45, 2.75) is 0 Å². The van der Waals surface area contributed by atoms with Gasteiger partial charge in [-0.2, -0.15) is 4.57 Å². The predicted octanol–water partition coefficient (Wildman–Crippen LogP) is 4.76. The number of pyridine rings is 3. The third-order valence-corrected chi connectivity index (χ3v) is 4.37. The summed E-state index contributed by atoms with van der Waals surface area (Å²) in [6.07, 6.45) is 5.68. The van der Waals surface area contributed by atoms with E-state index in [0.717, 1.165) is 16.8 Å². The summed E-state index contributed by atoms with van der Waals surface area (Å²) in [6, 6.07) is 29.3. The number of fused-ring (bicyclic) bond motifs is 3. The van der Waals surface area contributed by atoms with Crippen molar-refractivity contribution in [3.63, 3.8) is 0 Å². The molecule has 28 heavy (non-hydrogen) atoms. The number of hydrogen-bond donors (Lipinski definition) is 0. The molecule has 139 valence electrons. The average Bonchev–Trinajstić information content (AvgIpc) is 2.75. The van der Waals surface area contributed by atoms with Crippen LogP contribution in [0.3, 0.4) is 0 Å². The van der Waals surface area contributed by atoms with Crippen LogP contribution in [0.25, 0.3) is 33.1 Å². The quantitative estimate of drug-likeness (QED) is 0.159. The van der Waals surface area contributed by atoms with Gasteiger partial charge in [-0.3, -0.25) is 0 Å². The maximum absolute atomic E-state index is 4.45. The van der Waals surface area contributed by atoms with E-state index in [-0.39, 0.29) is 19.5 Å². The van der Waals surface area contributed by atoms with Gasteiger partial charge in [0.1, 0.15) is 12.6 Å². The topological polar surface area (TPSA) is 29.7 Å². The molecule has 2 aromatic carbocycles. The average molecular weight is 452 g/mol. The van der Waals surface area contributed by atoms with Gasteiger partial charge in [-0.05, 0) is 30.0 Å². The Morgan fingerprint density at radius 3 is 2.32 bits per heavy atom. The van der Waals surface area contributed by atoms with Crippen LogP contribution in [0.5, 0.6) is 0 Å². The SMILES string of the molecule is C[n+]1cccc2ccc3cccnc3c21.[Rh].[c-]1ccccc1-c1ccccn1. The van der Waals surface area contributed by atoms with Gasteiger partial charge in [-0.1, -0.05) is 24.3 Å². The number of rotatable bonds is 1. The maximum Gasteiger partial charge on any atom is 0.238 e. The standard InChI is InChI=1S/C13H11N2.C11H8N.Rh/c1-15-9-3-5-11-7-6-10-4-2-8-14-12(10)13(11)15;1-2-6-10(7-3-1)11-8-4-5-9-12-11;/h2-9H,1H3;1-6,8-9H;/q+1;-1;. The summed E-state index contributed by atoms with van der Waals surface area (Å²) in [5, 5.41) is 2.41. The molecule has 1 radical (unpaired) electrons. The van der Waals surface area contributed by atoms with Crippen molar-refractivity contribution in [1.29, 1.82) is 0 Å². The second kappa shape index (κ2) is 9.30. The Morgan fingerprint density at radius 1 is 0.750 bits per heavy atom. The first-order valence-corrected chi connectivity index (χ1v) is 8.83. The molecule has 0 aliphatic rings. The Kier molecular flexibility index (Phi) is 6.57. The van der Waals surface area contributed by atoms with Crippen molar-refractivity contribution in [2.24, 2.45) is 7.05 Å². The van der Waals surface area contributed by atoms with Crippen molar-refractivity contribution < 1.29 is 24.0 Å². The summed E-state index contributed by atoms with van der Waals surface area (Å²) in [5.41, 5.74) is 4.27. The summed E-state index contributed by atoms with van der Waals surface area (Å²) >= 11 is 0. The molecule has 0 fully saturated rings. The summed E-state index contributed by atoms with van der Waals surface area (Å²) < 4.78 is 2.12. The summed E-state index contributed by atoms with van der Waals surface area (Å²) in [5.74, 6) is 0. The van der Waals surface area contributed by atoms with Gasteiger partial charge in [-0.25, -0.2) is 4.98 Å². The van der Waals surface area contributed by atoms with E-state index in [1.807, 2.05) is 54.7 Å². The monoisotopic (exact) mass is 452 g/mol. The van der Waals surface area contributed by atoms with Gasteiger partial charge in [0.15, 0.2) is 6.20 Å². The predicted molar refractivity (Wildman–Crippen MR) is 109 cm³/mol. The summed E-state index contributed by atoms with van der Waals surface area (Å²) in [4.78, 5) is 8.67. The number of hydrogen-bond acceptors (Lipinski definition) is 2. The van der Waals surface area contributed by atoms with Gasteiger partial charge >= 0.3 is 0 Å². The molecule has 3 aromatic heterocycles. The number of nitrogens with zero attached hydrogens (tertiary/aromatic N) is 3. The Labute approximate surface area is 177 Å². The van der Waals surface area contributed by atoms with Crippen molar-refractivity contribution in [2.75, 3.05) is 0 Å². The van der Waals surface area contributed by atoms with Crippen LogP contribution >= 0.6 is 0 Å². The fraction of sp³-hybridized carbons (Fsp3) is 0.0417. The van der Waals surface area contributed by atoms with Crippen LogP contribution in [0.4, 0.5) is 0 Å². The van der Waals surface area contributed by atoms with Crippen LogP contribution in [0, 0.1) is 6.07 Å². The minimum Gasteiger partial charge on any atom is -0.305 e. The molecule has 0 aliphatic carbocycles. The van der Waals surface area contributed by atoms with E-state index in [9.17, 15) is 0 Å². The number of benzene rings is 2. The first-order chi connectivity index (χ1) is 13.3. The third kappa shape index (κ3) is 4.29. The van der Waals surface area contributed by atoms with Crippen LogP contribution in [0.1, 0.15) is 0 Å². The molecule has 5 rings (SSSR count). The largest absolute Gasteiger partial charge is 0.305 e. The van der Waals surface area contributed by atoms with E-state index in [2.05, 4.69) is 64.2 Å². The van der Waals surface area contributed by atoms with Crippen molar-refractivity contribution in [3.8, 4) is 11.3 Å². The molecule has 0 atom stereocenters. The number of aromatic nitrogens is 3. The second-order valence-corrected chi connectivity index (χ2v) is 6.19. The minimum atomic E-state index is 0. The van der Waals surface area contributed by atoms with E-state index >= 15 is 0 Å². The van der Waals surface area contributed by atoms with E-state index in [1.165, 1.54) is 16.3 Å². The Morgan fingerprint density at radius 2 is 1.54 bits per heavy atom. The summed E-state index contributed by atoms with van der Waals surface area (Å²) in [6.45, 7) is 0. The van der Waals surface area contributed by atoms with Crippen molar-refractivity contribution >= 4 is 21.8 Å². The van der Waals surface area contributed by atoms with Crippen LogP contribution in [-0.2, 0) is 26.5 Å².